The van der Waals surface area contributed by atoms with Crippen molar-refractivity contribution in [2.24, 2.45) is 0 Å². The highest BCUT2D eigenvalue weighted by molar-refractivity contribution is 6.28. The van der Waals surface area contributed by atoms with Gasteiger partial charge in [-0.25, -0.2) is 9.97 Å². The molecule has 0 aromatic carbocycles. The van der Waals surface area contributed by atoms with E-state index in [9.17, 15) is 13.2 Å². The van der Waals surface area contributed by atoms with Gasteiger partial charge in [-0.1, -0.05) is 0 Å². The number of aromatic nitrogens is 2. The molecule has 1 heterocycles. The van der Waals surface area contributed by atoms with E-state index in [-0.39, 0.29) is 5.82 Å². The van der Waals surface area contributed by atoms with Gasteiger partial charge in [0.2, 0.25) is 5.28 Å². The van der Waals surface area contributed by atoms with E-state index in [2.05, 4.69) is 34.0 Å². The molecule has 1 aromatic rings. The van der Waals surface area contributed by atoms with Crippen LogP contribution in [0, 0.1) is 0 Å². The fourth-order valence-electron chi connectivity index (χ4n) is 1.61. The molecule has 0 saturated carbocycles. The fourth-order valence-corrected chi connectivity index (χ4v) is 1.80. The van der Waals surface area contributed by atoms with Gasteiger partial charge in [0.05, 0.1) is 0 Å². The van der Waals surface area contributed by atoms with Crippen LogP contribution in [0.4, 0.5) is 19.0 Å². The maximum atomic E-state index is 12.6. The lowest BCUT2D eigenvalue weighted by atomic mass is 10.2. The summed E-state index contributed by atoms with van der Waals surface area (Å²) < 4.78 is 37.7. The number of hydrogen-bond donors (Lipinski definition) is 1. The number of hydrogen-bond acceptors (Lipinski definition) is 4. The summed E-state index contributed by atoms with van der Waals surface area (Å²) in [6.07, 6.45) is -2.74. The molecular formula is C13H20ClF3N4. The minimum Gasteiger partial charge on any atom is -0.370 e. The summed E-state index contributed by atoms with van der Waals surface area (Å²) >= 11 is 5.50. The molecule has 0 saturated heterocycles. The lowest BCUT2D eigenvalue weighted by molar-refractivity contribution is -0.141. The van der Waals surface area contributed by atoms with Gasteiger partial charge in [0, 0.05) is 18.7 Å². The predicted molar refractivity (Wildman–Crippen MR) is 77.5 cm³/mol. The zero-order valence-electron chi connectivity index (χ0n) is 12.3. The molecule has 0 unspecified atom stereocenters. The predicted octanol–water partition coefficient (Wildman–Crippen LogP) is 3.68. The van der Waals surface area contributed by atoms with Crippen molar-refractivity contribution in [3.05, 3.63) is 17.0 Å². The van der Waals surface area contributed by atoms with Gasteiger partial charge in [-0.3, -0.25) is 0 Å². The summed E-state index contributed by atoms with van der Waals surface area (Å²) in [7, 11) is 2.04. The molecule has 8 heteroatoms. The number of nitrogens with one attached hydrogen (secondary N) is 1. The van der Waals surface area contributed by atoms with Gasteiger partial charge in [0.15, 0.2) is 5.69 Å². The molecule has 0 radical (unpaired) electrons. The Hall–Kier alpha value is -1.08. The Morgan fingerprint density at radius 3 is 2.52 bits per heavy atom. The van der Waals surface area contributed by atoms with Crippen LogP contribution >= 0.6 is 11.6 Å². The molecule has 120 valence electrons. The lowest BCUT2D eigenvalue weighted by Gasteiger charge is -2.20. The molecule has 1 aromatic heterocycles. The number of anilines is 1. The van der Waals surface area contributed by atoms with E-state index in [0.29, 0.717) is 12.6 Å². The fraction of sp³-hybridized carbons (Fsp3) is 0.692. The van der Waals surface area contributed by atoms with Crippen molar-refractivity contribution in [3.8, 4) is 0 Å². The number of rotatable bonds is 7. The zero-order valence-corrected chi connectivity index (χ0v) is 13.1. The third-order valence-electron chi connectivity index (χ3n) is 3.11. The first kappa shape index (κ1) is 18.0. The minimum atomic E-state index is -4.52. The monoisotopic (exact) mass is 324 g/mol. The van der Waals surface area contributed by atoms with E-state index in [4.69, 9.17) is 11.6 Å². The first-order valence-corrected chi connectivity index (χ1v) is 7.14. The molecule has 0 amide bonds. The quantitative estimate of drug-likeness (QED) is 0.613. The largest absolute Gasteiger partial charge is 0.433 e. The molecule has 0 spiro atoms. The maximum Gasteiger partial charge on any atom is 0.433 e. The topological polar surface area (TPSA) is 41.0 Å². The molecule has 4 nitrogen and oxygen atoms in total. The third kappa shape index (κ3) is 6.48. The minimum absolute atomic E-state index is 0.0968. The van der Waals surface area contributed by atoms with Crippen molar-refractivity contribution in [1.82, 2.24) is 14.9 Å². The average Bonchev–Trinajstić information content (AvgIpc) is 2.36. The van der Waals surface area contributed by atoms with Crippen molar-refractivity contribution >= 4 is 17.4 Å². The van der Waals surface area contributed by atoms with Crippen LogP contribution in [0.2, 0.25) is 5.28 Å². The van der Waals surface area contributed by atoms with Gasteiger partial charge in [-0.05, 0) is 51.9 Å². The van der Waals surface area contributed by atoms with E-state index in [1.54, 1.807) is 0 Å². The van der Waals surface area contributed by atoms with E-state index in [1.165, 1.54) is 0 Å². The summed E-state index contributed by atoms with van der Waals surface area (Å²) in [6.45, 7) is 5.70. The Morgan fingerprint density at radius 1 is 1.29 bits per heavy atom. The molecule has 0 bridgehead atoms. The van der Waals surface area contributed by atoms with Crippen molar-refractivity contribution < 1.29 is 13.2 Å². The molecular weight excluding hydrogens is 305 g/mol. The molecule has 0 aliphatic rings. The van der Waals surface area contributed by atoms with Gasteiger partial charge < -0.3 is 10.2 Å². The molecule has 0 fully saturated rings. The Labute approximate surface area is 127 Å². The van der Waals surface area contributed by atoms with Gasteiger partial charge in [-0.15, -0.1) is 0 Å². The summed E-state index contributed by atoms with van der Waals surface area (Å²) in [5.74, 6) is 0.0968. The van der Waals surface area contributed by atoms with E-state index < -0.39 is 17.2 Å². The zero-order chi connectivity index (χ0) is 16.0. The SMILES string of the molecule is CC(C)N(C)CCCCNc1cc(C(F)(F)F)nc(Cl)n1. The van der Waals surface area contributed by atoms with Crippen LogP contribution in [0.25, 0.3) is 0 Å². The molecule has 1 rings (SSSR count). The normalized spacial score (nSPS) is 12.2. The van der Waals surface area contributed by atoms with Crippen LogP contribution in [0.3, 0.4) is 0 Å². The Balaban J connectivity index is 2.44. The van der Waals surface area contributed by atoms with Crippen LogP contribution in [-0.4, -0.2) is 41.0 Å². The summed E-state index contributed by atoms with van der Waals surface area (Å²) in [4.78, 5) is 9.13. The van der Waals surface area contributed by atoms with E-state index >= 15 is 0 Å². The summed E-state index contributed by atoms with van der Waals surface area (Å²) in [5, 5.41) is 2.44. The third-order valence-corrected chi connectivity index (χ3v) is 3.28. The highest BCUT2D eigenvalue weighted by Gasteiger charge is 2.33. The molecule has 0 aliphatic carbocycles. The Morgan fingerprint density at radius 2 is 1.95 bits per heavy atom. The molecule has 0 atom stereocenters. The van der Waals surface area contributed by atoms with Crippen molar-refractivity contribution in [2.45, 2.75) is 38.9 Å². The van der Waals surface area contributed by atoms with Crippen LogP contribution in [-0.2, 0) is 6.18 Å². The van der Waals surface area contributed by atoms with Crippen LogP contribution in [0.5, 0.6) is 0 Å². The maximum absolute atomic E-state index is 12.6. The molecule has 21 heavy (non-hydrogen) atoms. The second-order valence-electron chi connectivity index (χ2n) is 5.11. The second kappa shape index (κ2) is 7.79. The smallest absolute Gasteiger partial charge is 0.370 e. The Bertz CT molecular complexity index is 452. The number of halogens is 4. The van der Waals surface area contributed by atoms with Gasteiger partial charge in [-0.2, -0.15) is 13.2 Å². The number of alkyl halides is 3. The highest BCUT2D eigenvalue weighted by Crippen LogP contribution is 2.29. The van der Waals surface area contributed by atoms with Crippen LogP contribution < -0.4 is 5.32 Å². The molecule has 1 N–H and O–H groups in total. The first-order chi connectivity index (χ1) is 9.70. The van der Waals surface area contributed by atoms with Gasteiger partial charge >= 0.3 is 6.18 Å². The first-order valence-electron chi connectivity index (χ1n) is 6.76. The van der Waals surface area contributed by atoms with Crippen molar-refractivity contribution in [3.63, 3.8) is 0 Å². The Kier molecular flexibility index (Phi) is 6.67. The van der Waals surface area contributed by atoms with Gasteiger partial charge in [0.1, 0.15) is 5.82 Å². The van der Waals surface area contributed by atoms with E-state index in [0.717, 1.165) is 25.5 Å². The van der Waals surface area contributed by atoms with Gasteiger partial charge in [0.25, 0.3) is 0 Å². The summed E-state index contributed by atoms with van der Waals surface area (Å²) in [5.41, 5.74) is -1.04. The van der Waals surface area contributed by atoms with Crippen LogP contribution in [0.15, 0.2) is 6.07 Å². The van der Waals surface area contributed by atoms with E-state index in [1.807, 2.05) is 7.05 Å². The molecule has 0 aliphatic heterocycles. The standard InChI is InChI=1S/C13H20ClF3N4/c1-9(2)21(3)7-5-4-6-18-11-8-10(13(15,16)17)19-12(14)20-11/h8-9H,4-7H2,1-3H3,(H,18,19,20). The number of unbranched alkanes of at least 4 members (excludes halogenated alkanes) is 1. The van der Waals surface area contributed by atoms with Crippen LogP contribution in [0.1, 0.15) is 32.4 Å². The average molecular weight is 325 g/mol. The lowest BCUT2D eigenvalue weighted by Crippen LogP contribution is -2.27. The van der Waals surface area contributed by atoms with Crippen molar-refractivity contribution in [1.29, 1.82) is 0 Å². The summed E-state index contributed by atoms with van der Waals surface area (Å²) in [6, 6.07) is 1.35. The highest BCUT2D eigenvalue weighted by atomic mass is 35.5. The number of nitrogens with zero attached hydrogens (tertiary/aromatic N) is 3. The van der Waals surface area contributed by atoms with Crippen molar-refractivity contribution in [2.75, 3.05) is 25.5 Å². The second-order valence-corrected chi connectivity index (χ2v) is 5.45.